The van der Waals surface area contributed by atoms with Gasteiger partial charge in [0, 0.05) is 11.8 Å². The van der Waals surface area contributed by atoms with Crippen LogP contribution in [-0.4, -0.2) is 15.2 Å². The Labute approximate surface area is 154 Å². The van der Waals surface area contributed by atoms with Crippen molar-refractivity contribution in [1.29, 1.82) is 0 Å². The fourth-order valence-electron chi connectivity index (χ4n) is 2.63. The van der Waals surface area contributed by atoms with Gasteiger partial charge in [0.1, 0.15) is 13.0 Å². The molecule has 0 aliphatic heterocycles. The summed E-state index contributed by atoms with van der Waals surface area (Å²) < 4.78 is 14.2. The average molecular weight is 360 g/mol. The predicted molar refractivity (Wildman–Crippen MR) is 101 cm³/mol. The molecule has 6 nitrogen and oxygen atoms in total. The summed E-state index contributed by atoms with van der Waals surface area (Å²) >= 11 is 0. The van der Waals surface area contributed by atoms with Crippen molar-refractivity contribution in [3.63, 3.8) is 0 Å². The van der Waals surface area contributed by atoms with Crippen molar-refractivity contribution in [2.75, 3.05) is 0 Å². The quantitative estimate of drug-likeness (QED) is 0.689. The summed E-state index contributed by atoms with van der Waals surface area (Å²) in [5.74, 6) is 0. The standard InChI is InChI=1S/C20H28N2O4/c1-5-16(4)26-18(6-2)21-12-15(3)19(23)22(20(21)24)14-25-13-17-10-8-7-9-11-17/h7-12,16,18H,5-6,13-14H2,1-4H3/t16-,18+/m0/s1. The molecule has 0 fully saturated rings. The molecule has 1 aromatic heterocycles. The van der Waals surface area contributed by atoms with E-state index < -0.39 is 11.9 Å². The molecule has 142 valence electrons. The highest BCUT2D eigenvalue weighted by molar-refractivity contribution is 5.13. The zero-order chi connectivity index (χ0) is 19.1. The number of rotatable bonds is 9. The van der Waals surface area contributed by atoms with Gasteiger partial charge >= 0.3 is 5.69 Å². The maximum Gasteiger partial charge on any atom is 0.335 e. The lowest BCUT2D eigenvalue weighted by Crippen LogP contribution is -2.43. The second-order valence-corrected chi connectivity index (χ2v) is 6.42. The second kappa shape index (κ2) is 9.50. The van der Waals surface area contributed by atoms with Gasteiger partial charge in [-0.2, -0.15) is 0 Å². The molecule has 0 spiro atoms. The minimum absolute atomic E-state index is 0.0295. The molecule has 0 unspecified atom stereocenters. The van der Waals surface area contributed by atoms with Crippen molar-refractivity contribution < 1.29 is 9.47 Å². The molecule has 2 rings (SSSR count). The summed E-state index contributed by atoms with van der Waals surface area (Å²) in [6, 6.07) is 9.63. The van der Waals surface area contributed by atoms with Gasteiger partial charge in [-0.3, -0.25) is 9.36 Å². The smallest absolute Gasteiger partial charge is 0.335 e. The SMILES string of the molecule is CC[C@H](C)O[C@H](CC)n1cc(C)c(=O)n(COCc2ccccc2)c1=O. The van der Waals surface area contributed by atoms with Crippen LogP contribution in [0.5, 0.6) is 0 Å². The minimum Gasteiger partial charge on any atom is -0.356 e. The van der Waals surface area contributed by atoms with Crippen LogP contribution in [0.15, 0.2) is 46.1 Å². The second-order valence-electron chi connectivity index (χ2n) is 6.42. The van der Waals surface area contributed by atoms with Crippen molar-refractivity contribution in [3.8, 4) is 0 Å². The molecule has 2 atom stereocenters. The maximum absolute atomic E-state index is 12.8. The van der Waals surface area contributed by atoms with E-state index >= 15 is 0 Å². The van der Waals surface area contributed by atoms with Crippen LogP contribution in [0.3, 0.4) is 0 Å². The molecule has 0 N–H and O–H groups in total. The van der Waals surface area contributed by atoms with E-state index in [1.807, 2.05) is 51.1 Å². The molecule has 6 heteroatoms. The van der Waals surface area contributed by atoms with Gasteiger partial charge in [-0.1, -0.05) is 44.2 Å². The van der Waals surface area contributed by atoms with Gasteiger partial charge in [-0.15, -0.1) is 0 Å². The van der Waals surface area contributed by atoms with E-state index in [9.17, 15) is 9.59 Å². The topological polar surface area (TPSA) is 62.5 Å². The Kier molecular flexibility index (Phi) is 7.36. The maximum atomic E-state index is 12.8. The molecule has 0 radical (unpaired) electrons. The Hall–Kier alpha value is -2.18. The van der Waals surface area contributed by atoms with E-state index in [1.54, 1.807) is 13.1 Å². The Morgan fingerprint density at radius 2 is 1.77 bits per heavy atom. The van der Waals surface area contributed by atoms with Gasteiger partial charge < -0.3 is 9.47 Å². The van der Waals surface area contributed by atoms with Crippen LogP contribution in [0, 0.1) is 6.92 Å². The van der Waals surface area contributed by atoms with Gasteiger partial charge in [0.25, 0.3) is 5.56 Å². The fraction of sp³-hybridized carbons (Fsp3) is 0.500. The van der Waals surface area contributed by atoms with Crippen LogP contribution in [0.1, 0.15) is 51.0 Å². The lowest BCUT2D eigenvalue weighted by atomic mass is 10.2. The molecule has 0 saturated carbocycles. The molecule has 1 heterocycles. The van der Waals surface area contributed by atoms with E-state index in [-0.39, 0.29) is 18.4 Å². The van der Waals surface area contributed by atoms with E-state index in [2.05, 4.69) is 0 Å². The largest absolute Gasteiger partial charge is 0.356 e. The Morgan fingerprint density at radius 3 is 2.38 bits per heavy atom. The number of aryl methyl sites for hydroxylation is 1. The molecule has 0 saturated heterocycles. The lowest BCUT2D eigenvalue weighted by Gasteiger charge is -2.23. The van der Waals surface area contributed by atoms with Gasteiger partial charge in [0.2, 0.25) is 0 Å². The number of aromatic nitrogens is 2. The van der Waals surface area contributed by atoms with Crippen LogP contribution >= 0.6 is 0 Å². The molecule has 26 heavy (non-hydrogen) atoms. The molecule has 0 bridgehead atoms. The third kappa shape index (κ3) is 4.93. The Bertz CT molecular complexity index is 811. The predicted octanol–water partition coefficient (Wildman–Crippen LogP) is 3.22. The molecular formula is C20H28N2O4. The summed E-state index contributed by atoms with van der Waals surface area (Å²) in [5, 5.41) is 0. The van der Waals surface area contributed by atoms with Crippen LogP contribution < -0.4 is 11.2 Å². The highest BCUT2D eigenvalue weighted by Crippen LogP contribution is 2.15. The monoisotopic (exact) mass is 360 g/mol. The normalized spacial score (nSPS) is 13.5. The third-order valence-electron chi connectivity index (χ3n) is 4.32. The summed E-state index contributed by atoms with van der Waals surface area (Å²) in [6.07, 6.45) is 2.69. The number of ether oxygens (including phenoxy) is 2. The summed E-state index contributed by atoms with van der Waals surface area (Å²) in [7, 11) is 0. The van der Waals surface area contributed by atoms with Crippen LogP contribution in [0.25, 0.3) is 0 Å². The van der Waals surface area contributed by atoms with E-state index in [0.29, 0.717) is 18.6 Å². The highest BCUT2D eigenvalue weighted by atomic mass is 16.5. The van der Waals surface area contributed by atoms with Crippen molar-refractivity contribution in [2.24, 2.45) is 0 Å². The first-order valence-corrected chi connectivity index (χ1v) is 9.07. The van der Waals surface area contributed by atoms with Crippen molar-refractivity contribution >= 4 is 0 Å². The summed E-state index contributed by atoms with van der Waals surface area (Å²) in [4.78, 5) is 25.2. The summed E-state index contributed by atoms with van der Waals surface area (Å²) in [6.45, 7) is 7.90. The zero-order valence-electron chi connectivity index (χ0n) is 16.0. The van der Waals surface area contributed by atoms with Crippen LogP contribution in [-0.2, 0) is 22.8 Å². The number of hydrogen-bond donors (Lipinski definition) is 0. The molecular weight excluding hydrogens is 332 g/mol. The Balaban J connectivity index is 2.24. The number of benzene rings is 1. The first kappa shape index (κ1) is 20.1. The lowest BCUT2D eigenvalue weighted by molar-refractivity contribution is -0.0533. The van der Waals surface area contributed by atoms with Gasteiger partial charge in [-0.25, -0.2) is 9.36 Å². The molecule has 1 aromatic carbocycles. The third-order valence-corrected chi connectivity index (χ3v) is 4.32. The minimum atomic E-state index is -0.413. The number of hydrogen-bond acceptors (Lipinski definition) is 4. The van der Waals surface area contributed by atoms with Crippen molar-refractivity contribution in [2.45, 2.75) is 66.2 Å². The van der Waals surface area contributed by atoms with Crippen LogP contribution in [0.4, 0.5) is 0 Å². The zero-order valence-corrected chi connectivity index (χ0v) is 16.0. The Morgan fingerprint density at radius 1 is 1.08 bits per heavy atom. The average Bonchev–Trinajstić information content (AvgIpc) is 2.66. The summed E-state index contributed by atoms with van der Waals surface area (Å²) in [5.41, 5.74) is 0.723. The van der Waals surface area contributed by atoms with Crippen molar-refractivity contribution in [1.82, 2.24) is 9.13 Å². The molecule has 0 aliphatic rings. The van der Waals surface area contributed by atoms with Gasteiger partial charge in [0.15, 0.2) is 0 Å². The van der Waals surface area contributed by atoms with E-state index in [1.165, 1.54) is 4.57 Å². The first-order chi connectivity index (χ1) is 12.5. The van der Waals surface area contributed by atoms with Crippen molar-refractivity contribution in [3.05, 3.63) is 68.5 Å². The molecule has 0 amide bonds. The van der Waals surface area contributed by atoms with E-state index in [4.69, 9.17) is 9.47 Å². The number of nitrogens with zero attached hydrogens (tertiary/aromatic N) is 2. The van der Waals surface area contributed by atoms with Gasteiger partial charge in [-0.05, 0) is 32.3 Å². The van der Waals surface area contributed by atoms with Crippen LogP contribution in [0.2, 0.25) is 0 Å². The highest BCUT2D eigenvalue weighted by Gasteiger charge is 2.18. The van der Waals surface area contributed by atoms with Gasteiger partial charge in [0.05, 0.1) is 12.7 Å². The first-order valence-electron chi connectivity index (χ1n) is 9.07. The fourth-order valence-corrected chi connectivity index (χ4v) is 2.63. The van der Waals surface area contributed by atoms with E-state index in [0.717, 1.165) is 16.6 Å². The molecule has 0 aliphatic carbocycles. The molecule has 2 aromatic rings.